The lowest BCUT2D eigenvalue weighted by Gasteiger charge is -2.23. The summed E-state index contributed by atoms with van der Waals surface area (Å²) in [6.45, 7) is 1.04. The number of non-ortho nitro benzene ring substituents is 1. The predicted octanol–water partition coefficient (Wildman–Crippen LogP) is 2.41. The molecule has 4 heteroatoms. The Morgan fingerprint density at radius 2 is 2.00 bits per heavy atom. The molecule has 0 unspecified atom stereocenters. The molecule has 1 N–H and O–H groups in total. The normalized spacial score (nSPS) is 21.2. The molecule has 0 saturated carbocycles. The van der Waals surface area contributed by atoms with Crippen molar-refractivity contribution < 1.29 is 4.92 Å². The molecule has 1 aliphatic heterocycles. The maximum absolute atomic E-state index is 10.5. The second-order valence-electron chi connectivity index (χ2n) is 3.85. The van der Waals surface area contributed by atoms with E-state index in [1.165, 1.54) is 12.8 Å². The van der Waals surface area contributed by atoms with Crippen LogP contribution in [0, 0.1) is 10.1 Å². The molecular formula is C11H14N2O2. The lowest BCUT2D eigenvalue weighted by Crippen LogP contribution is -2.26. The second-order valence-corrected chi connectivity index (χ2v) is 3.85. The molecule has 1 heterocycles. The van der Waals surface area contributed by atoms with Crippen molar-refractivity contribution in [2.75, 3.05) is 6.54 Å². The third-order valence-corrected chi connectivity index (χ3v) is 2.82. The average Bonchev–Trinajstić information content (AvgIpc) is 2.30. The zero-order valence-corrected chi connectivity index (χ0v) is 8.48. The molecular weight excluding hydrogens is 192 g/mol. The van der Waals surface area contributed by atoms with Crippen LogP contribution in [0.3, 0.4) is 0 Å². The zero-order valence-electron chi connectivity index (χ0n) is 8.48. The third kappa shape index (κ3) is 2.33. The molecule has 0 aromatic heterocycles. The number of nitro benzene ring substituents is 1. The number of hydrogen-bond acceptors (Lipinski definition) is 3. The summed E-state index contributed by atoms with van der Waals surface area (Å²) < 4.78 is 0. The maximum atomic E-state index is 10.5. The minimum absolute atomic E-state index is 0.162. The van der Waals surface area contributed by atoms with Gasteiger partial charge in [0.05, 0.1) is 4.92 Å². The van der Waals surface area contributed by atoms with Crippen molar-refractivity contribution in [1.29, 1.82) is 0 Å². The Kier molecular flexibility index (Phi) is 2.97. The Bertz CT molecular complexity index is 342. The van der Waals surface area contributed by atoms with Crippen LogP contribution >= 0.6 is 0 Å². The molecule has 0 amide bonds. The van der Waals surface area contributed by atoms with Crippen LogP contribution in [-0.4, -0.2) is 11.5 Å². The van der Waals surface area contributed by atoms with E-state index in [-0.39, 0.29) is 10.6 Å². The molecule has 2 rings (SSSR count). The highest BCUT2D eigenvalue weighted by molar-refractivity contribution is 5.34. The Hall–Kier alpha value is -1.42. The Balaban J connectivity index is 2.11. The van der Waals surface area contributed by atoms with Gasteiger partial charge < -0.3 is 5.32 Å². The first-order valence-electron chi connectivity index (χ1n) is 5.25. The van der Waals surface area contributed by atoms with Gasteiger partial charge in [0, 0.05) is 18.2 Å². The lowest BCUT2D eigenvalue weighted by molar-refractivity contribution is -0.384. The summed E-state index contributed by atoms with van der Waals surface area (Å²) in [5, 5.41) is 13.9. The molecule has 1 aromatic carbocycles. The summed E-state index contributed by atoms with van der Waals surface area (Å²) in [6, 6.07) is 7.22. The van der Waals surface area contributed by atoms with Gasteiger partial charge in [0.2, 0.25) is 0 Å². The number of hydrogen-bond donors (Lipinski definition) is 1. The summed E-state index contributed by atoms with van der Waals surface area (Å²) in [4.78, 5) is 10.1. The van der Waals surface area contributed by atoms with Crippen LogP contribution in [0.15, 0.2) is 24.3 Å². The molecule has 1 saturated heterocycles. The fourth-order valence-corrected chi connectivity index (χ4v) is 1.96. The highest BCUT2D eigenvalue weighted by Crippen LogP contribution is 2.24. The van der Waals surface area contributed by atoms with Crippen molar-refractivity contribution in [3.63, 3.8) is 0 Å². The van der Waals surface area contributed by atoms with Crippen LogP contribution in [-0.2, 0) is 0 Å². The predicted molar refractivity (Wildman–Crippen MR) is 57.7 cm³/mol. The van der Waals surface area contributed by atoms with Gasteiger partial charge in [-0.15, -0.1) is 0 Å². The highest BCUT2D eigenvalue weighted by Gasteiger charge is 2.15. The molecule has 0 radical (unpaired) electrons. The number of nitrogens with zero attached hydrogens (tertiary/aromatic N) is 1. The van der Waals surface area contributed by atoms with Crippen LogP contribution in [0.25, 0.3) is 0 Å². The first-order chi connectivity index (χ1) is 7.27. The van der Waals surface area contributed by atoms with Crippen molar-refractivity contribution in [2.24, 2.45) is 0 Å². The Morgan fingerprint density at radius 3 is 2.53 bits per heavy atom. The molecule has 80 valence electrons. The molecule has 1 aromatic rings. The minimum atomic E-state index is -0.363. The van der Waals surface area contributed by atoms with E-state index in [0.717, 1.165) is 18.5 Å². The van der Waals surface area contributed by atoms with E-state index in [1.807, 2.05) is 12.1 Å². The monoisotopic (exact) mass is 206 g/mol. The van der Waals surface area contributed by atoms with Crippen molar-refractivity contribution in [1.82, 2.24) is 5.32 Å². The van der Waals surface area contributed by atoms with Crippen molar-refractivity contribution in [3.8, 4) is 0 Å². The van der Waals surface area contributed by atoms with Crippen LogP contribution < -0.4 is 5.32 Å². The summed E-state index contributed by atoms with van der Waals surface area (Å²) in [7, 11) is 0. The van der Waals surface area contributed by atoms with E-state index >= 15 is 0 Å². The molecule has 0 bridgehead atoms. The Labute approximate surface area is 88.5 Å². The second kappa shape index (κ2) is 4.40. The third-order valence-electron chi connectivity index (χ3n) is 2.82. The lowest BCUT2D eigenvalue weighted by atomic mass is 9.97. The molecule has 1 aliphatic rings. The number of piperidine rings is 1. The molecule has 0 spiro atoms. The highest BCUT2D eigenvalue weighted by atomic mass is 16.6. The fraction of sp³-hybridized carbons (Fsp3) is 0.455. The van der Waals surface area contributed by atoms with Gasteiger partial charge in [0.1, 0.15) is 0 Å². The van der Waals surface area contributed by atoms with Gasteiger partial charge in [-0.3, -0.25) is 10.1 Å². The van der Waals surface area contributed by atoms with Gasteiger partial charge in [-0.2, -0.15) is 0 Å². The Morgan fingerprint density at radius 1 is 1.27 bits per heavy atom. The van der Waals surface area contributed by atoms with Crippen molar-refractivity contribution >= 4 is 5.69 Å². The minimum Gasteiger partial charge on any atom is -0.310 e. The largest absolute Gasteiger partial charge is 0.310 e. The first kappa shape index (κ1) is 10.1. The number of nitro groups is 1. The van der Waals surface area contributed by atoms with Crippen LogP contribution in [0.2, 0.25) is 0 Å². The van der Waals surface area contributed by atoms with Crippen LogP contribution in [0.5, 0.6) is 0 Å². The van der Waals surface area contributed by atoms with Crippen LogP contribution in [0.4, 0.5) is 5.69 Å². The van der Waals surface area contributed by atoms with Gasteiger partial charge in [-0.05, 0) is 24.9 Å². The van der Waals surface area contributed by atoms with E-state index in [9.17, 15) is 10.1 Å². The topological polar surface area (TPSA) is 55.2 Å². The average molecular weight is 206 g/mol. The van der Waals surface area contributed by atoms with Crippen molar-refractivity contribution in [2.45, 2.75) is 25.3 Å². The van der Waals surface area contributed by atoms with E-state index < -0.39 is 0 Å². The first-order valence-corrected chi connectivity index (χ1v) is 5.25. The maximum Gasteiger partial charge on any atom is 0.269 e. The smallest absolute Gasteiger partial charge is 0.269 e. The fourth-order valence-electron chi connectivity index (χ4n) is 1.96. The molecule has 1 atom stereocenters. The van der Waals surface area contributed by atoms with E-state index in [2.05, 4.69) is 5.32 Å². The van der Waals surface area contributed by atoms with Gasteiger partial charge in [0.25, 0.3) is 5.69 Å². The van der Waals surface area contributed by atoms with E-state index in [4.69, 9.17) is 0 Å². The summed E-state index contributed by atoms with van der Waals surface area (Å²) in [5.41, 5.74) is 1.31. The summed E-state index contributed by atoms with van der Waals surface area (Å²) >= 11 is 0. The van der Waals surface area contributed by atoms with E-state index in [1.54, 1.807) is 12.1 Å². The SMILES string of the molecule is O=[N+]([O-])c1ccc([C@@H]2CCCCN2)cc1. The summed E-state index contributed by atoms with van der Waals surface area (Å²) in [5.74, 6) is 0. The number of rotatable bonds is 2. The van der Waals surface area contributed by atoms with E-state index in [0.29, 0.717) is 6.04 Å². The molecule has 1 fully saturated rings. The van der Waals surface area contributed by atoms with Crippen molar-refractivity contribution in [3.05, 3.63) is 39.9 Å². The molecule has 4 nitrogen and oxygen atoms in total. The zero-order chi connectivity index (χ0) is 10.7. The van der Waals surface area contributed by atoms with Crippen LogP contribution in [0.1, 0.15) is 30.9 Å². The molecule has 0 aliphatic carbocycles. The van der Waals surface area contributed by atoms with Gasteiger partial charge >= 0.3 is 0 Å². The number of benzene rings is 1. The van der Waals surface area contributed by atoms with Gasteiger partial charge in [-0.25, -0.2) is 0 Å². The van der Waals surface area contributed by atoms with Gasteiger partial charge in [0.15, 0.2) is 0 Å². The van der Waals surface area contributed by atoms with Gasteiger partial charge in [-0.1, -0.05) is 18.6 Å². The molecule has 15 heavy (non-hydrogen) atoms. The number of nitrogens with one attached hydrogen (secondary N) is 1. The summed E-state index contributed by atoms with van der Waals surface area (Å²) in [6.07, 6.45) is 3.58. The standard InChI is InChI=1S/C11H14N2O2/c14-13(15)10-6-4-9(5-7-10)11-3-1-2-8-12-11/h4-7,11-12H,1-3,8H2/t11-/m0/s1. The quantitative estimate of drug-likeness (QED) is 0.597.